The topological polar surface area (TPSA) is 595 Å². The molecule has 0 aromatic heterocycles. The second-order valence-corrected chi connectivity index (χ2v) is 32.5. The van der Waals surface area contributed by atoms with Crippen LogP contribution in [0.25, 0.3) is 0 Å². The molecule has 0 spiro atoms. The fraction of sp³-hybridized carbons (Fsp3) is 1.00. The van der Waals surface area contributed by atoms with Crippen LogP contribution >= 0.6 is 82.3 Å². The largest absolute Gasteiger partial charge is 0.387 e. The third-order valence-corrected chi connectivity index (χ3v) is 25.0. The Bertz CT molecular complexity index is 1850. The van der Waals surface area contributed by atoms with Gasteiger partial charge in [0.15, 0.2) is 44.0 Å². The van der Waals surface area contributed by atoms with Crippen molar-refractivity contribution in [2.45, 2.75) is 215 Å². The van der Waals surface area contributed by atoms with Gasteiger partial charge in [0.25, 0.3) is 0 Å². The lowest BCUT2D eigenvalue weighted by Gasteiger charge is -2.50. The quantitative estimate of drug-likeness (QED) is 0.0324. The molecule has 35 nitrogen and oxygen atoms in total. The van der Waals surface area contributed by atoms with Gasteiger partial charge in [0.1, 0.15) is 128 Å². The minimum Gasteiger partial charge on any atom is -0.387 e. The average molecular weight is 1550 g/mol. The summed E-state index contributed by atoms with van der Waals surface area (Å²) in [5.74, 6) is 2.57. The fourth-order valence-electron chi connectivity index (χ4n) is 12.3. The minimum absolute atomic E-state index is 0.00103. The molecule has 0 aliphatic carbocycles. The molecule has 21 saturated heterocycles. The molecule has 42 heteroatoms. The van der Waals surface area contributed by atoms with E-state index in [1.807, 2.05) is 0 Å². The molecule has 21 aliphatic heterocycles. The van der Waals surface area contributed by atoms with Crippen molar-refractivity contribution in [1.29, 1.82) is 0 Å². The first-order chi connectivity index (χ1) is 47.2. The summed E-state index contributed by atoms with van der Waals surface area (Å²) in [5.41, 5.74) is 41.2. The number of nitrogens with two attached hydrogens (primary N) is 7. The highest BCUT2D eigenvalue weighted by Gasteiger charge is 2.60. The van der Waals surface area contributed by atoms with E-state index in [-0.39, 0.29) is 86.1 Å². The summed E-state index contributed by atoms with van der Waals surface area (Å²) in [7, 11) is 0. The van der Waals surface area contributed by atoms with Crippen molar-refractivity contribution in [3.63, 3.8) is 0 Å². The highest BCUT2D eigenvalue weighted by atomic mass is 32.2. The Labute approximate surface area is 598 Å². The van der Waals surface area contributed by atoms with Gasteiger partial charge in [-0.05, 0) is 0 Å². The molecule has 0 unspecified atom stereocenters. The molecule has 0 amide bonds. The van der Waals surface area contributed by atoms with Crippen LogP contribution in [0.1, 0.15) is 0 Å². The zero-order valence-electron chi connectivity index (χ0n) is 53.9. The number of thioether (sulfide) groups is 7. The molecule has 21 aliphatic rings. The van der Waals surface area contributed by atoms with Crippen LogP contribution in [0, 0.1) is 0 Å². The first kappa shape index (κ1) is 84.7. The van der Waals surface area contributed by atoms with E-state index >= 15 is 0 Å². The van der Waals surface area contributed by atoms with Crippen LogP contribution < -0.4 is 40.1 Å². The molecule has 574 valence electrons. The van der Waals surface area contributed by atoms with E-state index in [9.17, 15) is 71.5 Å². The molecule has 14 bridgehead atoms. The summed E-state index contributed by atoms with van der Waals surface area (Å²) in [4.78, 5) is 0. The summed E-state index contributed by atoms with van der Waals surface area (Å²) in [5, 5.41) is 169. The molecule has 0 aromatic rings. The van der Waals surface area contributed by atoms with Crippen molar-refractivity contribution in [2.24, 2.45) is 40.1 Å². The Hall–Kier alpha value is 1.05. The molecule has 21 heterocycles. The zero-order valence-corrected chi connectivity index (χ0v) is 59.6. The van der Waals surface area contributed by atoms with Gasteiger partial charge in [0.2, 0.25) is 0 Å². The van der Waals surface area contributed by atoms with Gasteiger partial charge >= 0.3 is 0 Å². The fourth-order valence-corrected chi connectivity index (χ4v) is 18.1. The Morgan fingerprint density at radius 1 is 0.173 bits per heavy atom. The third kappa shape index (κ3) is 21.5. The highest BCUT2D eigenvalue weighted by Crippen LogP contribution is 2.41. The van der Waals surface area contributed by atoms with Gasteiger partial charge in [0.05, 0.1) is 42.7 Å². The number of aliphatic hydroxyl groups excluding tert-OH is 14. The van der Waals surface area contributed by atoms with Crippen molar-refractivity contribution < 1.29 is 138 Å². The van der Waals surface area contributed by atoms with Crippen molar-refractivity contribution in [2.75, 3.05) is 126 Å². The van der Waals surface area contributed by atoms with Crippen molar-refractivity contribution in [3.05, 3.63) is 0 Å². The van der Waals surface area contributed by atoms with Crippen molar-refractivity contribution >= 4 is 82.3 Å². The summed E-state index contributed by atoms with van der Waals surface area (Å²) in [6.45, 7) is 1.46. The SMILES string of the molecule is NCCSC[C@@H]1O[C@H]2O[C@H]3[C@H](O)[C@@H](O)[C@H](O[C@H]4[C@@H](O)[C@@H](O)[C@H](O[C@H]5[C@@H](O)[C@H](O)[C@H](O[C@H]6[C@@H](O)[C@H](O)[C@H](O[C@H]7[C@H](O)[C@@H](O)[C@H](O[C@H]8[C@H](O)[C@@H](O)[C@H](O[C@H]1[C@H](O)[C@H]2O)O[C@H]8CSCCN)O[C@@H]7CSCCN)O[C@@H]6CSCCN)O[C@@H]5CSCCN)O[C@@H]4CSCCN)O[C@H]3CSCCN. The van der Waals surface area contributed by atoms with E-state index < -0.39 is 215 Å². The third-order valence-electron chi connectivity index (χ3n) is 17.3. The van der Waals surface area contributed by atoms with Gasteiger partial charge in [-0.1, -0.05) is 0 Å². The summed E-state index contributed by atoms with van der Waals surface area (Å²) in [6, 6.07) is 0. The zero-order chi connectivity index (χ0) is 70.9. The maximum Gasteiger partial charge on any atom is 0.187 e. The normalized spacial score (nSPS) is 46.1. The molecule has 0 aromatic carbocycles. The summed E-state index contributed by atoms with van der Waals surface area (Å²) < 4.78 is 89.1. The van der Waals surface area contributed by atoms with Gasteiger partial charge in [-0.2, -0.15) is 82.3 Å². The van der Waals surface area contributed by atoms with Gasteiger partial charge in [-0.25, -0.2) is 0 Å². The molecule has 98 heavy (non-hydrogen) atoms. The lowest BCUT2D eigenvalue weighted by atomic mass is 9.95. The van der Waals surface area contributed by atoms with Crippen LogP contribution in [-0.4, -0.2) is 413 Å². The van der Waals surface area contributed by atoms with Crippen molar-refractivity contribution in [3.8, 4) is 0 Å². The molecule has 0 saturated carbocycles. The molecule has 21 fully saturated rings. The smallest absolute Gasteiger partial charge is 0.187 e. The van der Waals surface area contributed by atoms with Crippen LogP contribution in [0.3, 0.4) is 0 Å². The Kier molecular flexibility index (Phi) is 36.4. The van der Waals surface area contributed by atoms with Gasteiger partial charge in [-0.3, -0.25) is 0 Å². The second-order valence-electron chi connectivity index (χ2n) is 24.4. The van der Waals surface area contributed by atoms with Gasteiger partial charge in [-0.15, -0.1) is 0 Å². The number of hydrogen-bond donors (Lipinski definition) is 21. The van der Waals surface area contributed by atoms with E-state index in [4.69, 9.17) is 106 Å². The lowest BCUT2D eigenvalue weighted by molar-refractivity contribution is -0.389. The van der Waals surface area contributed by atoms with Crippen LogP contribution in [0.15, 0.2) is 0 Å². The Balaban J connectivity index is 1.17. The highest BCUT2D eigenvalue weighted by molar-refractivity contribution is 8.00. The minimum atomic E-state index is -2.01. The van der Waals surface area contributed by atoms with E-state index in [2.05, 4.69) is 0 Å². The number of hydrogen-bond acceptors (Lipinski definition) is 42. The molecule has 0 radical (unpaired) electrons. The average Bonchev–Trinajstić information content (AvgIpc) is 0.779. The molecular weight excluding hydrogens is 1440 g/mol. The molecule has 21 rings (SSSR count). The second kappa shape index (κ2) is 42.1. The van der Waals surface area contributed by atoms with Crippen LogP contribution in [0.2, 0.25) is 0 Å². The van der Waals surface area contributed by atoms with E-state index in [0.29, 0.717) is 40.3 Å². The van der Waals surface area contributed by atoms with Crippen LogP contribution in [0.4, 0.5) is 0 Å². The first-order valence-corrected chi connectivity index (χ1v) is 40.9. The Morgan fingerprint density at radius 2 is 0.286 bits per heavy atom. The maximum atomic E-state index is 12.1. The van der Waals surface area contributed by atoms with E-state index in [0.717, 1.165) is 0 Å². The van der Waals surface area contributed by atoms with Crippen LogP contribution in [-0.2, 0) is 66.3 Å². The lowest BCUT2D eigenvalue weighted by Crippen LogP contribution is -2.68. The Morgan fingerprint density at radius 3 is 0.388 bits per heavy atom. The van der Waals surface area contributed by atoms with E-state index in [1.165, 1.54) is 82.3 Å². The molecule has 28 N–H and O–H groups in total. The van der Waals surface area contributed by atoms with Gasteiger partial charge in [0, 0.05) is 126 Å². The number of ether oxygens (including phenoxy) is 14. The van der Waals surface area contributed by atoms with Crippen molar-refractivity contribution in [1.82, 2.24) is 0 Å². The molecular formula is C56H105N7O28S7. The van der Waals surface area contributed by atoms with E-state index in [1.54, 1.807) is 0 Å². The monoisotopic (exact) mass is 1550 g/mol. The number of rotatable bonds is 28. The van der Waals surface area contributed by atoms with Gasteiger partial charge < -0.3 is 178 Å². The predicted molar refractivity (Wildman–Crippen MR) is 363 cm³/mol. The predicted octanol–water partition coefficient (Wildman–Crippen LogP) is -10.3. The standard InChI is InChI=1S/C56H105N7O28S7/c57-1-8-92-15-22-43-29(64)36(71)50(78-22)86-44-23(16-93-9-2-58)80-52(38(73)31(44)66)88-46-25(18-95-11-4-60)82-54(40(75)33(46)68)90-48-27(20-97-13-6-62)84-56(42(77)35(48)70)91-49-28(21-98-14-7-63)83-55(41(76)34(49)69)89-47-26(19-96-12-5-61)81-53(39(74)32(47)67)87-45-24(17-94-10-3-59)79-51(85-43)37(72)30(45)65/h22-56,64-77H,1-21,57-63H2/t22-,23-,24-,25-,26+,27+,28+,29+,30+,31+,32-,33-,34-,35-,36+,37-,38+,39-,40-,41-,42-,43-,44-,45-,46-,47-,48-,49-,50+,51+,52+,53+,54+,55+,56+/m1/s1. The molecule has 35 atom stereocenters. The summed E-state index contributed by atoms with van der Waals surface area (Å²) >= 11 is 8.83. The van der Waals surface area contributed by atoms with Crippen LogP contribution in [0.5, 0.6) is 0 Å². The number of aliphatic hydroxyl groups is 14. The first-order valence-electron chi connectivity index (χ1n) is 32.8. The maximum absolute atomic E-state index is 12.1. The summed E-state index contributed by atoms with van der Waals surface area (Å²) in [6.07, 6.45) is -59.8.